The van der Waals surface area contributed by atoms with Crippen LogP contribution in [0.1, 0.15) is 40.0 Å². The number of anilines is 1. The van der Waals surface area contributed by atoms with E-state index in [0.717, 1.165) is 12.5 Å². The first kappa shape index (κ1) is 14.3. The van der Waals surface area contributed by atoms with Crippen LogP contribution in [0.15, 0.2) is 16.6 Å². The minimum absolute atomic E-state index is 0.165. The van der Waals surface area contributed by atoms with Crippen LogP contribution < -0.4 is 5.32 Å². The molecular weight excluding hydrogens is 324 g/mol. The maximum atomic E-state index is 14.0. The van der Waals surface area contributed by atoms with Gasteiger partial charge in [-0.05, 0) is 58.0 Å². The lowest BCUT2D eigenvalue weighted by molar-refractivity contribution is 0.142. The lowest BCUT2D eigenvalue weighted by Gasteiger charge is -2.40. The summed E-state index contributed by atoms with van der Waals surface area (Å²) in [6.07, 6.45) is 3.49. The Hall–Kier alpha value is -0.640. The Morgan fingerprint density at radius 2 is 1.95 bits per heavy atom. The fraction of sp³-hybridized carbons (Fsp3) is 0.625. The SMILES string of the molecule is CC1(C)C2CCC1(C)C(Nc1c(F)cc(F)cc1Br)C2. The highest BCUT2D eigenvalue weighted by Gasteiger charge is 2.61. The predicted molar refractivity (Wildman–Crippen MR) is 80.7 cm³/mol. The van der Waals surface area contributed by atoms with Gasteiger partial charge in [-0.3, -0.25) is 0 Å². The summed E-state index contributed by atoms with van der Waals surface area (Å²) in [4.78, 5) is 0. The second kappa shape index (κ2) is 4.43. The average Bonchev–Trinajstić information content (AvgIpc) is 2.66. The van der Waals surface area contributed by atoms with E-state index in [-0.39, 0.29) is 16.9 Å². The second-order valence-corrected chi connectivity index (χ2v) is 7.91. The van der Waals surface area contributed by atoms with Crippen LogP contribution in [-0.4, -0.2) is 6.04 Å². The Morgan fingerprint density at radius 3 is 2.45 bits per heavy atom. The van der Waals surface area contributed by atoms with Crippen LogP contribution in [0.4, 0.5) is 14.5 Å². The summed E-state index contributed by atoms with van der Waals surface area (Å²) in [6, 6.07) is 2.49. The van der Waals surface area contributed by atoms with Crippen molar-refractivity contribution in [1.29, 1.82) is 0 Å². The second-order valence-electron chi connectivity index (χ2n) is 7.05. The van der Waals surface area contributed by atoms with Crippen LogP contribution in [0.3, 0.4) is 0 Å². The van der Waals surface area contributed by atoms with Crippen molar-refractivity contribution in [2.24, 2.45) is 16.7 Å². The van der Waals surface area contributed by atoms with E-state index in [4.69, 9.17) is 0 Å². The molecule has 1 N–H and O–H groups in total. The standard InChI is InChI=1S/C16H20BrF2N/c1-15(2)9-4-5-16(15,3)13(6-9)20-14-11(17)7-10(18)8-12(14)19/h7-9,13,20H,4-6H2,1-3H3. The predicted octanol–water partition coefficient (Wildman–Crippen LogP) is 5.35. The monoisotopic (exact) mass is 343 g/mol. The summed E-state index contributed by atoms with van der Waals surface area (Å²) < 4.78 is 27.6. The summed E-state index contributed by atoms with van der Waals surface area (Å²) in [7, 11) is 0. The first-order valence-corrected chi connectivity index (χ1v) is 7.96. The van der Waals surface area contributed by atoms with Gasteiger partial charge < -0.3 is 5.32 Å². The molecule has 2 aliphatic rings. The number of benzene rings is 1. The van der Waals surface area contributed by atoms with Crippen molar-refractivity contribution in [2.45, 2.75) is 46.1 Å². The number of halogens is 3. The molecule has 20 heavy (non-hydrogen) atoms. The molecule has 2 bridgehead atoms. The van der Waals surface area contributed by atoms with Gasteiger partial charge in [0.1, 0.15) is 11.6 Å². The molecule has 3 rings (SSSR count). The Kier molecular flexibility index (Phi) is 3.16. The van der Waals surface area contributed by atoms with Gasteiger partial charge in [-0.25, -0.2) is 8.78 Å². The van der Waals surface area contributed by atoms with Gasteiger partial charge in [0.15, 0.2) is 0 Å². The highest BCUT2D eigenvalue weighted by molar-refractivity contribution is 9.10. The van der Waals surface area contributed by atoms with E-state index in [2.05, 4.69) is 42.0 Å². The summed E-state index contributed by atoms with van der Waals surface area (Å²) in [5.74, 6) is -0.396. The molecule has 0 amide bonds. The number of hydrogen-bond donors (Lipinski definition) is 1. The first-order chi connectivity index (χ1) is 9.25. The molecule has 0 radical (unpaired) electrons. The molecule has 0 saturated heterocycles. The third kappa shape index (κ3) is 1.83. The maximum absolute atomic E-state index is 14.0. The van der Waals surface area contributed by atoms with Crippen LogP contribution in [0.2, 0.25) is 0 Å². The highest BCUT2D eigenvalue weighted by atomic mass is 79.9. The van der Waals surface area contributed by atoms with E-state index < -0.39 is 11.6 Å². The number of rotatable bonds is 2. The van der Waals surface area contributed by atoms with Gasteiger partial charge in [0, 0.05) is 16.6 Å². The molecule has 0 aromatic heterocycles. The van der Waals surface area contributed by atoms with Crippen molar-refractivity contribution in [1.82, 2.24) is 0 Å². The van der Waals surface area contributed by atoms with Crippen molar-refractivity contribution in [3.05, 3.63) is 28.2 Å². The Balaban J connectivity index is 1.91. The van der Waals surface area contributed by atoms with Crippen LogP contribution in [0.25, 0.3) is 0 Å². The van der Waals surface area contributed by atoms with Crippen molar-refractivity contribution < 1.29 is 8.78 Å². The molecule has 3 atom stereocenters. The van der Waals surface area contributed by atoms with E-state index in [0.29, 0.717) is 16.1 Å². The molecule has 2 saturated carbocycles. The maximum Gasteiger partial charge on any atom is 0.150 e. The average molecular weight is 344 g/mol. The Morgan fingerprint density at radius 1 is 1.25 bits per heavy atom. The van der Waals surface area contributed by atoms with Gasteiger partial charge in [0.05, 0.1) is 5.69 Å². The summed E-state index contributed by atoms with van der Waals surface area (Å²) in [5.41, 5.74) is 0.826. The van der Waals surface area contributed by atoms with E-state index in [1.807, 2.05) is 0 Å². The first-order valence-electron chi connectivity index (χ1n) is 7.17. The molecule has 3 unspecified atom stereocenters. The molecule has 2 fully saturated rings. The third-order valence-electron chi connectivity index (χ3n) is 6.12. The zero-order chi connectivity index (χ0) is 14.7. The summed E-state index contributed by atoms with van der Waals surface area (Å²) >= 11 is 3.26. The van der Waals surface area contributed by atoms with Gasteiger partial charge in [-0.15, -0.1) is 0 Å². The van der Waals surface area contributed by atoms with Crippen LogP contribution >= 0.6 is 15.9 Å². The molecular formula is C16H20BrF2N. The quantitative estimate of drug-likeness (QED) is 0.762. The Bertz CT molecular complexity index is 534. The van der Waals surface area contributed by atoms with E-state index in [1.54, 1.807) is 0 Å². The molecule has 4 heteroatoms. The number of nitrogens with one attached hydrogen (secondary N) is 1. The fourth-order valence-electron chi connectivity index (χ4n) is 4.28. The molecule has 0 heterocycles. The van der Waals surface area contributed by atoms with Gasteiger partial charge in [-0.2, -0.15) is 0 Å². The zero-order valence-electron chi connectivity index (χ0n) is 12.1. The lowest BCUT2D eigenvalue weighted by Crippen LogP contribution is -2.40. The molecule has 0 spiro atoms. The minimum atomic E-state index is -0.556. The van der Waals surface area contributed by atoms with E-state index in [1.165, 1.54) is 18.9 Å². The minimum Gasteiger partial charge on any atom is -0.378 e. The van der Waals surface area contributed by atoms with Crippen molar-refractivity contribution >= 4 is 21.6 Å². The smallest absolute Gasteiger partial charge is 0.150 e. The fourth-order valence-corrected chi connectivity index (χ4v) is 4.80. The molecule has 110 valence electrons. The summed E-state index contributed by atoms with van der Waals surface area (Å²) in [6.45, 7) is 6.94. The van der Waals surface area contributed by atoms with Crippen molar-refractivity contribution in [3.8, 4) is 0 Å². The lowest BCUT2D eigenvalue weighted by atomic mass is 9.69. The zero-order valence-corrected chi connectivity index (χ0v) is 13.7. The van der Waals surface area contributed by atoms with E-state index in [9.17, 15) is 8.78 Å². The van der Waals surface area contributed by atoms with Crippen LogP contribution in [-0.2, 0) is 0 Å². The third-order valence-corrected chi connectivity index (χ3v) is 6.74. The summed E-state index contributed by atoms with van der Waals surface area (Å²) in [5, 5.41) is 3.34. The Labute approximate surface area is 127 Å². The van der Waals surface area contributed by atoms with Crippen molar-refractivity contribution in [3.63, 3.8) is 0 Å². The molecule has 1 aromatic carbocycles. The topological polar surface area (TPSA) is 12.0 Å². The normalized spacial score (nSPS) is 34.5. The van der Waals surface area contributed by atoms with Gasteiger partial charge in [0.25, 0.3) is 0 Å². The van der Waals surface area contributed by atoms with Crippen LogP contribution in [0, 0.1) is 28.4 Å². The van der Waals surface area contributed by atoms with Gasteiger partial charge in [0.2, 0.25) is 0 Å². The molecule has 2 aliphatic carbocycles. The van der Waals surface area contributed by atoms with E-state index >= 15 is 0 Å². The highest BCUT2D eigenvalue weighted by Crippen LogP contribution is 2.66. The molecule has 1 aromatic rings. The largest absolute Gasteiger partial charge is 0.378 e. The number of fused-ring (bicyclic) bond motifs is 2. The van der Waals surface area contributed by atoms with Gasteiger partial charge in [-0.1, -0.05) is 20.8 Å². The number of hydrogen-bond acceptors (Lipinski definition) is 1. The molecule has 1 nitrogen and oxygen atoms in total. The van der Waals surface area contributed by atoms with Gasteiger partial charge >= 0.3 is 0 Å². The van der Waals surface area contributed by atoms with Crippen LogP contribution in [0.5, 0.6) is 0 Å². The molecule has 0 aliphatic heterocycles. The van der Waals surface area contributed by atoms with Crippen molar-refractivity contribution in [2.75, 3.05) is 5.32 Å².